The van der Waals surface area contributed by atoms with E-state index in [0.29, 0.717) is 28.6 Å². The highest BCUT2D eigenvalue weighted by molar-refractivity contribution is 6.30. The summed E-state index contributed by atoms with van der Waals surface area (Å²) >= 11 is 6.14. The van der Waals surface area contributed by atoms with E-state index in [-0.39, 0.29) is 5.57 Å². The lowest BCUT2D eigenvalue weighted by atomic mass is 10.1. The Labute approximate surface area is 181 Å². The Hall–Kier alpha value is -3.55. The van der Waals surface area contributed by atoms with Gasteiger partial charge in [-0.2, -0.15) is 5.26 Å². The quantitative estimate of drug-likeness (QED) is 0.391. The van der Waals surface area contributed by atoms with Crippen molar-refractivity contribution in [2.45, 2.75) is 20.5 Å². The van der Waals surface area contributed by atoms with E-state index in [0.717, 1.165) is 16.7 Å². The van der Waals surface area contributed by atoms with Crippen molar-refractivity contribution in [2.24, 2.45) is 0 Å². The van der Waals surface area contributed by atoms with E-state index in [1.165, 1.54) is 6.08 Å². The molecule has 0 saturated carbocycles. The number of nitriles is 1. The molecule has 0 radical (unpaired) electrons. The minimum absolute atomic E-state index is 0.0391. The van der Waals surface area contributed by atoms with E-state index < -0.39 is 5.91 Å². The zero-order valence-electron chi connectivity index (χ0n) is 16.8. The predicted octanol–water partition coefficient (Wildman–Crippen LogP) is 6.08. The number of ether oxygens (including phenoxy) is 1. The molecule has 1 amide bonds. The van der Waals surface area contributed by atoms with E-state index in [2.05, 4.69) is 5.32 Å². The molecule has 0 aromatic heterocycles. The molecule has 30 heavy (non-hydrogen) atoms. The first kappa shape index (κ1) is 21.2. The summed E-state index contributed by atoms with van der Waals surface area (Å²) in [7, 11) is 0. The van der Waals surface area contributed by atoms with E-state index in [9.17, 15) is 10.1 Å². The summed E-state index contributed by atoms with van der Waals surface area (Å²) in [5.74, 6) is 0.0516. The van der Waals surface area contributed by atoms with Crippen LogP contribution in [0.4, 0.5) is 5.69 Å². The lowest BCUT2D eigenvalue weighted by Crippen LogP contribution is -2.14. The van der Waals surface area contributed by atoms with Crippen LogP contribution in [0.2, 0.25) is 5.02 Å². The molecular formula is C25H21ClN2O2. The van der Waals surface area contributed by atoms with Gasteiger partial charge in [-0.05, 0) is 60.9 Å². The fourth-order valence-corrected chi connectivity index (χ4v) is 3.06. The van der Waals surface area contributed by atoms with Crippen LogP contribution in [0.3, 0.4) is 0 Å². The molecule has 1 N–H and O–H groups in total. The second-order valence-corrected chi connectivity index (χ2v) is 7.26. The number of carbonyl (C=O) groups excluding carboxylic acids is 1. The molecule has 0 aliphatic rings. The largest absolute Gasteiger partial charge is 0.488 e. The van der Waals surface area contributed by atoms with Gasteiger partial charge >= 0.3 is 0 Å². The minimum Gasteiger partial charge on any atom is -0.488 e. The number of amides is 1. The molecule has 0 aliphatic heterocycles. The summed E-state index contributed by atoms with van der Waals surface area (Å²) in [5, 5.41) is 12.9. The van der Waals surface area contributed by atoms with Crippen LogP contribution in [0.25, 0.3) is 6.08 Å². The molecule has 0 unspecified atom stereocenters. The summed E-state index contributed by atoms with van der Waals surface area (Å²) in [6, 6.07) is 22.5. The van der Waals surface area contributed by atoms with Crippen molar-refractivity contribution < 1.29 is 9.53 Å². The molecule has 0 saturated heterocycles. The first-order valence-corrected chi connectivity index (χ1v) is 9.81. The summed E-state index contributed by atoms with van der Waals surface area (Å²) < 4.78 is 5.91. The molecule has 4 nitrogen and oxygen atoms in total. The Kier molecular flexibility index (Phi) is 6.90. The van der Waals surface area contributed by atoms with Crippen molar-refractivity contribution in [3.8, 4) is 11.8 Å². The fourth-order valence-electron chi connectivity index (χ4n) is 2.88. The van der Waals surface area contributed by atoms with Crippen molar-refractivity contribution >= 4 is 29.3 Å². The Bertz CT molecular complexity index is 1130. The van der Waals surface area contributed by atoms with Crippen LogP contribution in [-0.2, 0) is 11.4 Å². The van der Waals surface area contributed by atoms with Gasteiger partial charge in [-0.15, -0.1) is 0 Å². The van der Waals surface area contributed by atoms with E-state index in [1.54, 1.807) is 18.2 Å². The number of aryl methyl sites for hydroxylation is 1. The SMILES string of the molecule is Cc1cccc(NC(=O)/C(C#N)=C/c2cc(Cl)ccc2OCc2ccccc2)c1C. The molecule has 150 valence electrons. The molecule has 0 atom stereocenters. The first-order valence-electron chi connectivity index (χ1n) is 9.43. The number of anilines is 1. The number of nitrogens with zero attached hydrogens (tertiary/aromatic N) is 1. The number of rotatable bonds is 6. The molecule has 0 spiro atoms. The standard InChI is InChI=1S/C25H21ClN2O2/c1-17-7-6-10-23(18(17)2)28-25(29)21(15-27)13-20-14-22(26)11-12-24(20)30-16-19-8-4-3-5-9-19/h3-14H,16H2,1-2H3,(H,28,29)/b21-13+. The van der Waals surface area contributed by atoms with E-state index in [4.69, 9.17) is 16.3 Å². The summed E-state index contributed by atoms with van der Waals surface area (Å²) in [5.41, 5.74) is 4.22. The number of hydrogen-bond donors (Lipinski definition) is 1. The average molecular weight is 417 g/mol. The summed E-state index contributed by atoms with van der Waals surface area (Å²) in [6.07, 6.45) is 1.49. The van der Waals surface area contributed by atoms with Gasteiger partial charge in [0.25, 0.3) is 5.91 Å². The maximum atomic E-state index is 12.7. The summed E-state index contributed by atoms with van der Waals surface area (Å²) in [4.78, 5) is 12.7. The average Bonchev–Trinajstić information content (AvgIpc) is 2.75. The molecule has 0 heterocycles. The minimum atomic E-state index is -0.486. The van der Waals surface area contributed by atoms with Crippen LogP contribution in [0.15, 0.2) is 72.3 Å². The Morgan fingerprint density at radius 2 is 1.87 bits per heavy atom. The highest BCUT2D eigenvalue weighted by Gasteiger charge is 2.13. The summed E-state index contributed by atoms with van der Waals surface area (Å²) in [6.45, 7) is 4.25. The van der Waals surface area contributed by atoms with Crippen LogP contribution >= 0.6 is 11.6 Å². The van der Waals surface area contributed by atoms with Gasteiger partial charge in [0, 0.05) is 16.3 Å². The third-order valence-corrected chi connectivity index (χ3v) is 4.96. The van der Waals surface area contributed by atoms with Gasteiger partial charge in [0.2, 0.25) is 0 Å². The molecule has 0 bridgehead atoms. The van der Waals surface area contributed by atoms with Gasteiger partial charge in [0.1, 0.15) is 24.0 Å². The van der Waals surface area contributed by atoms with Crippen LogP contribution in [-0.4, -0.2) is 5.91 Å². The third kappa shape index (κ3) is 5.28. The molecule has 0 aliphatic carbocycles. The normalized spacial score (nSPS) is 10.9. The second kappa shape index (κ2) is 9.78. The Morgan fingerprint density at radius 1 is 1.10 bits per heavy atom. The highest BCUT2D eigenvalue weighted by Crippen LogP contribution is 2.27. The number of nitrogens with one attached hydrogen (secondary N) is 1. The number of carbonyl (C=O) groups is 1. The molecule has 3 aromatic carbocycles. The molecular weight excluding hydrogens is 396 g/mol. The fraction of sp³-hybridized carbons (Fsp3) is 0.120. The van der Waals surface area contributed by atoms with Crippen LogP contribution in [0.5, 0.6) is 5.75 Å². The maximum Gasteiger partial charge on any atom is 0.266 e. The molecule has 3 rings (SSSR count). The van der Waals surface area contributed by atoms with Gasteiger partial charge in [0.05, 0.1) is 0 Å². The van der Waals surface area contributed by atoms with Crippen molar-refractivity contribution in [2.75, 3.05) is 5.32 Å². The number of hydrogen-bond acceptors (Lipinski definition) is 3. The van der Waals surface area contributed by atoms with Crippen molar-refractivity contribution in [1.29, 1.82) is 5.26 Å². The first-order chi connectivity index (χ1) is 14.5. The third-order valence-electron chi connectivity index (χ3n) is 4.73. The zero-order chi connectivity index (χ0) is 21.5. The smallest absolute Gasteiger partial charge is 0.266 e. The Balaban J connectivity index is 1.85. The topological polar surface area (TPSA) is 62.1 Å². The van der Waals surface area contributed by atoms with E-state index >= 15 is 0 Å². The van der Waals surface area contributed by atoms with Gasteiger partial charge in [-0.3, -0.25) is 4.79 Å². The second-order valence-electron chi connectivity index (χ2n) is 6.83. The molecule has 5 heteroatoms. The maximum absolute atomic E-state index is 12.7. The zero-order valence-corrected chi connectivity index (χ0v) is 17.5. The van der Waals surface area contributed by atoms with Gasteiger partial charge < -0.3 is 10.1 Å². The van der Waals surface area contributed by atoms with Crippen LogP contribution in [0, 0.1) is 25.2 Å². The van der Waals surface area contributed by atoms with Crippen molar-refractivity contribution in [1.82, 2.24) is 0 Å². The van der Waals surface area contributed by atoms with Gasteiger partial charge in [-0.1, -0.05) is 54.1 Å². The molecule has 0 fully saturated rings. The lowest BCUT2D eigenvalue weighted by molar-refractivity contribution is -0.112. The molecule has 3 aromatic rings. The van der Waals surface area contributed by atoms with Crippen LogP contribution in [0.1, 0.15) is 22.3 Å². The number of halogens is 1. The van der Waals surface area contributed by atoms with Crippen LogP contribution < -0.4 is 10.1 Å². The Morgan fingerprint density at radius 3 is 2.60 bits per heavy atom. The predicted molar refractivity (Wildman–Crippen MR) is 120 cm³/mol. The van der Waals surface area contributed by atoms with Crippen molar-refractivity contribution in [3.05, 3.63) is 99.6 Å². The lowest BCUT2D eigenvalue weighted by Gasteiger charge is -2.12. The highest BCUT2D eigenvalue weighted by atomic mass is 35.5. The van der Waals surface area contributed by atoms with Gasteiger partial charge in [-0.25, -0.2) is 0 Å². The monoisotopic (exact) mass is 416 g/mol. The van der Waals surface area contributed by atoms with Crippen molar-refractivity contribution in [3.63, 3.8) is 0 Å². The van der Waals surface area contributed by atoms with Gasteiger partial charge in [0.15, 0.2) is 0 Å². The number of benzene rings is 3. The van der Waals surface area contributed by atoms with E-state index in [1.807, 2.05) is 68.4 Å².